The summed E-state index contributed by atoms with van der Waals surface area (Å²) < 4.78 is 11.3. The number of aryl methyl sites for hydroxylation is 1. The highest BCUT2D eigenvalue weighted by Gasteiger charge is 2.27. The van der Waals surface area contributed by atoms with Gasteiger partial charge in [0, 0.05) is 44.2 Å². The van der Waals surface area contributed by atoms with Gasteiger partial charge in [-0.15, -0.1) is 0 Å². The van der Waals surface area contributed by atoms with Crippen molar-refractivity contribution in [3.63, 3.8) is 0 Å². The van der Waals surface area contributed by atoms with E-state index in [1.807, 2.05) is 17.0 Å². The van der Waals surface area contributed by atoms with E-state index in [0.29, 0.717) is 37.8 Å². The third kappa shape index (κ3) is 4.71. The molecular formula is C20H26N4O3. The molecule has 1 aliphatic heterocycles. The van der Waals surface area contributed by atoms with Gasteiger partial charge in [0.05, 0.1) is 12.7 Å². The fourth-order valence-corrected chi connectivity index (χ4v) is 3.88. The van der Waals surface area contributed by atoms with Crippen LogP contribution in [0.2, 0.25) is 0 Å². The minimum atomic E-state index is 0.0967. The van der Waals surface area contributed by atoms with Crippen molar-refractivity contribution < 1.29 is 14.1 Å². The molecule has 0 radical (unpaired) electrons. The van der Waals surface area contributed by atoms with E-state index in [2.05, 4.69) is 15.1 Å². The lowest BCUT2D eigenvalue weighted by Crippen LogP contribution is -2.30. The number of amides is 1. The smallest absolute Gasteiger partial charge is 0.227 e. The second kappa shape index (κ2) is 8.61. The van der Waals surface area contributed by atoms with Gasteiger partial charge in [-0.25, -0.2) is 0 Å². The molecule has 1 saturated carbocycles. The molecule has 7 heteroatoms. The van der Waals surface area contributed by atoms with Gasteiger partial charge >= 0.3 is 0 Å². The van der Waals surface area contributed by atoms with Gasteiger partial charge in [0.2, 0.25) is 11.8 Å². The summed E-state index contributed by atoms with van der Waals surface area (Å²) in [7, 11) is 0. The van der Waals surface area contributed by atoms with Gasteiger partial charge < -0.3 is 14.2 Å². The van der Waals surface area contributed by atoms with E-state index in [1.165, 1.54) is 12.8 Å². The molecule has 2 aliphatic rings. The molecule has 1 saturated heterocycles. The molecule has 1 amide bonds. The van der Waals surface area contributed by atoms with Gasteiger partial charge in [-0.3, -0.25) is 9.78 Å². The molecule has 2 aromatic heterocycles. The van der Waals surface area contributed by atoms with Crippen LogP contribution < -0.4 is 0 Å². The summed E-state index contributed by atoms with van der Waals surface area (Å²) in [6.45, 7) is 1.96. The van der Waals surface area contributed by atoms with E-state index in [4.69, 9.17) is 9.26 Å². The number of likely N-dealkylation sites (tertiary alicyclic amines) is 1. The molecule has 1 unspecified atom stereocenters. The molecule has 0 spiro atoms. The summed E-state index contributed by atoms with van der Waals surface area (Å²) in [6, 6.07) is 3.89. The Labute approximate surface area is 159 Å². The maximum Gasteiger partial charge on any atom is 0.227 e. The van der Waals surface area contributed by atoms with Crippen LogP contribution in [0.25, 0.3) is 0 Å². The molecule has 27 heavy (non-hydrogen) atoms. The second-order valence-corrected chi connectivity index (χ2v) is 7.44. The number of rotatable bonds is 7. The van der Waals surface area contributed by atoms with Crippen molar-refractivity contribution in [2.24, 2.45) is 0 Å². The molecule has 7 nitrogen and oxygen atoms in total. The fraction of sp³-hybridized carbons (Fsp3) is 0.600. The van der Waals surface area contributed by atoms with Gasteiger partial charge in [0.25, 0.3) is 0 Å². The summed E-state index contributed by atoms with van der Waals surface area (Å²) >= 11 is 0. The molecule has 1 atom stereocenters. The number of aromatic nitrogens is 3. The first-order valence-corrected chi connectivity index (χ1v) is 9.88. The fourth-order valence-electron chi connectivity index (χ4n) is 3.88. The monoisotopic (exact) mass is 370 g/mol. The molecule has 3 heterocycles. The van der Waals surface area contributed by atoms with E-state index in [9.17, 15) is 4.79 Å². The number of carbonyl (C=O) groups excluding carboxylic acids is 1. The molecule has 0 bridgehead atoms. The lowest BCUT2D eigenvalue weighted by molar-refractivity contribution is -0.130. The predicted molar refractivity (Wildman–Crippen MR) is 97.8 cm³/mol. The predicted octanol–water partition coefficient (Wildman–Crippen LogP) is 2.87. The van der Waals surface area contributed by atoms with Crippen molar-refractivity contribution in [2.45, 2.75) is 63.6 Å². The van der Waals surface area contributed by atoms with Crippen LogP contribution in [-0.2, 0) is 22.6 Å². The first-order chi connectivity index (χ1) is 13.3. The maximum atomic E-state index is 12.5. The number of pyridine rings is 1. The van der Waals surface area contributed by atoms with Crippen molar-refractivity contribution in [1.82, 2.24) is 20.0 Å². The second-order valence-electron chi connectivity index (χ2n) is 7.44. The Morgan fingerprint density at radius 3 is 2.85 bits per heavy atom. The van der Waals surface area contributed by atoms with Crippen LogP contribution in [0.3, 0.4) is 0 Å². The molecule has 4 rings (SSSR count). The third-order valence-electron chi connectivity index (χ3n) is 5.49. The van der Waals surface area contributed by atoms with Crippen LogP contribution in [0.15, 0.2) is 29.0 Å². The Morgan fingerprint density at radius 1 is 1.22 bits per heavy atom. The minimum Gasteiger partial charge on any atom is -0.372 e. The zero-order valence-corrected chi connectivity index (χ0v) is 15.5. The van der Waals surface area contributed by atoms with Gasteiger partial charge in [0.15, 0.2) is 5.82 Å². The molecule has 144 valence electrons. The number of carbonyl (C=O) groups is 1. The topological polar surface area (TPSA) is 81.4 Å². The van der Waals surface area contributed by atoms with E-state index in [0.717, 1.165) is 37.2 Å². The molecule has 0 N–H and O–H groups in total. The van der Waals surface area contributed by atoms with Crippen molar-refractivity contribution >= 4 is 5.91 Å². The van der Waals surface area contributed by atoms with Crippen LogP contribution in [0.5, 0.6) is 0 Å². The van der Waals surface area contributed by atoms with Crippen molar-refractivity contribution in [2.75, 3.05) is 13.1 Å². The van der Waals surface area contributed by atoms with Crippen molar-refractivity contribution in [3.8, 4) is 0 Å². The SMILES string of the molecule is O=C(CCc1nc(C2CCCC2)no1)N1CCC(OCc2ccncc2)C1. The average molecular weight is 370 g/mol. The Kier molecular flexibility index (Phi) is 5.77. The summed E-state index contributed by atoms with van der Waals surface area (Å²) in [6.07, 6.45) is 10.2. The Hall–Kier alpha value is -2.28. The highest BCUT2D eigenvalue weighted by Crippen LogP contribution is 2.32. The summed E-state index contributed by atoms with van der Waals surface area (Å²) in [4.78, 5) is 22.8. The van der Waals surface area contributed by atoms with Crippen LogP contribution >= 0.6 is 0 Å². The maximum absolute atomic E-state index is 12.5. The zero-order chi connectivity index (χ0) is 18.5. The minimum absolute atomic E-state index is 0.0967. The lowest BCUT2D eigenvalue weighted by Gasteiger charge is -2.16. The van der Waals surface area contributed by atoms with E-state index >= 15 is 0 Å². The Balaban J connectivity index is 1.20. The van der Waals surface area contributed by atoms with E-state index in [1.54, 1.807) is 12.4 Å². The number of nitrogens with zero attached hydrogens (tertiary/aromatic N) is 4. The lowest BCUT2D eigenvalue weighted by atomic mass is 10.1. The normalized spacial score (nSPS) is 20.4. The van der Waals surface area contributed by atoms with Gasteiger partial charge in [-0.2, -0.15) is 4.98 Å². The highest BCUT2D eigenvalue weighted by molar-refractivity contribution is 5.76. The standard InChI is InChI=1S/C20H26N4O3/c25-19(6-5-18-22-20(23-27-18)16-3-1-2-4-16)24-12-9-17(13-24)26-14-15-7-10-21-11-8-15/h7-8,10-11,16-17H,1-6,9,12-14H2. The largest absolute Gasteiger partial charge is 0.372 e. The third-order valence-corrected chi connectivity index (χ3v) is 5.49. The van der Waals surface area contributed by atoms with Gasteiger partial charge in [-0.05, 0) is 37.0 Å². The summed E-state index contributed by atoms with van der Waals surface area (Å²) in [5.41, 5.74) is 1.10. The first-order valence-electron chi connectivity index (χ1n) is 9.88. The quantitative estimate of drug-likeness (QED) is 0.745. The molecule has 1 aliphatic carbocycles. The van der Waals surface area contributed by atoms with Crippen LogP contribution in [0.4, 0.5) is 0 Å². The number of hydrogen-bond donors (Lipinski definition) is 0. The van der Waals surface area contributed by atoms with Crippen LogP contribution in [0.1, 0.15) is 61.7 Å². The number of ether oxygens (including phenoxy) is 1. The van der Waals surface area contributed by atoms with Crippen LogP contribution in [-0.4, -0.2) is 45.1 Å². The molecule has 2 aromatic rings. The zero-order valence-electron chi connectivity index (χ0n) is 15.5. The van der Waals surface area contributed by atoms with E-state index in [-0.39, 0.29) is 12.0 Å². The van der Waals surface area contributed by atoms with Gasteiger partial charge in [0.1, 0.15) is 0 Å². The van der Waals surface area contributed by atoms with Crippen molar-refractivity contribution in [1.29, 1.82) is 0 Å². The Bertz CT molecular complexity index is 743. The molecule has 0 aromatic carbocycles. The van der Waals surface area contributed by atoms with Crippen LogP contribution in [0, 0.1) is 0 Å². The van der Waals surface area contributed by atoms with Crippen molar-refractivity contribution in [3.05, 3.63) is 41.8 Å². The molecule has 2 fully saturated rings. The molecular weight excluding hydrogens is 344 g/mol. The summed E-state index contributed by atoms with van der Waals surface area (Å²) in [5.74, 6) is 1.97. The van der Waals surface area contributed by atoms with Gasteiger partial charge in [-0.1, -0.05) is 18.0 Å². The Morgan fingerprint density at radius 2 is 2.04 bits per heavy atom. The highest BCUT2D eigenvalue weighted by atomic mass is 16.5. The average Bonchev–Trinajstić information content (AvgIpc) is 3.46. The van der Waals surface area contributed by atoms with E-state index < -0.39 is 0 Å². The first kappa shape index (κ1) is 18.1. The number of hydrogen-bond acceptors (Lipinski definition) is 6. The summed E-state index contributed by atoms with van der Waals surface area (Å²) in [5, 5.41) is 4.10.